The lowest BCUT2D eigenvalue weighted by molar-refractivity contribution is -0.116. The second-order valence-electron chi connectivity index (χ2n) is 5.40. The highest BCUT2D eigenvalue weighted by atomic mass is 16.2. The number of amides is 2. The smallest absolute Gasteiger partial charge is 0.267 e. The van der Waals surface area contributed by atoms with E-state index in [0.717, 1.165) is 5.56 Å². The fourth-order valence-electron chi connectivity index (χ4n) is 2.15. The highest BCUT2D eigenvalue weighted by Crippen LogP contribution is 2.19. The number of nitrogens with one attached hydrogen (secondary N) is 1. The molecule has 0 saturated carbocycles. The van der Waals surface area contributed by atoms with E-state index in [-0.39, 0.29) is 11.5 Å². The predicted octanol–water partition coefficient (Wildman–Crippen LogP) is 2.98. The minimum absolute atomic E-state index is 0.185. The van der Waals surface area contributed by atoms with Crippen molar-refractivity contribution in [2.45, 2.75) is 13.8 Å². The van der Waals surface area contributed by atoms with Crippen LogP contribution in [0.3, 0.4) is 0 Å². The summed E-state index contributed by atoms with van der Waals surface area (Å²) in [6, 6.07) is 15.6. The Morgan fingerprint density at radius 3 is 2.36 bits per heavy atom. The van der Waals surface area contributed by atoms with Gasteiger partial charge in [0.1, 0.15) is 11.6 Å². The number of para-hydroxylation sites is 1. The number of nitrogens with zero attached hydrogens (tertiary/aromatic N) is 2. The van der Waals surface area contributed by atoms with Gasteiger partial charge in [-0.05, 0) is 42.8 Å². The number of hydrogen-bond acceptors (Lipinski definition) is 4. The van der Waals surface area contributed by atoms with Gasteiger partial charge in [0, 0.05) is 30.2 Å². The molecule has 0 radical (unpaired) electrons. The quantitative estimate of drug-likeness (QED) is 0.510. The number of rotatable bonds is 4. The first-order valence-corrected chi connectivity index (χ1v) is 7.56. The summed E-state index contributed by atoms with van der Waals surface area (Å²) in [6.07, 6.45) is 1.22. The van der Waals surface area contributed by atoms with Crippen molar-refractivity contribution < 1.29 is 9.59 Å². The Morgan fingerprint density at radius 1 is 1.16 bits per heavy atom. The lowest BCUT2D eigenvalue weighted by atomic mass is 10.2. The van der Waals surface area contributed by atoms with Gasteiger partial charge in [0.2, 0.25) is 5.91 Å². The van der Waals surface area contributed by atoms with E-state index in [1.807, 2.05) is 25.1 Å². The van der Waals surface area contributed by atoms with Gasteiger partial charge in [-0.15, -0.1) is 0 Å². The van der Waals surface area contributed by atoms with E-state index in [2.05, 4.69) is 5.32 Å². The molecule has 126 valence electrons. The SMILES string of the molecule is CC(=O)N(/C=C(/C#N)C(=O)Nc1ccccc1C)c1ccc(N)cc1. The molecular weight excluding hydrogens is 316 g/mol. The molecule has 0 aliphatic rings. The number of aryl methyl sites for hydroxylation is 1. The van der Waals surface area contributed by atoms with E-state index in [4.69, 9.17) is 5.73 Å². The largest absolute Gasteiger partial charge is 0.399 e. The Balaban J connectivity index is 2.31. The number of nitriles is 1. The van der Waals surface area contributed by atoms with Crippen LogP contribution in [0.15, 0.2) is 60.3 Å². The van der Waals surface area contributed by atoms with Crippen LogP contribution in [-0.4, -0.2) is 11.8 Å². The number of benzene rings is 2. The van der Waals surface area contributed by atoms with Gasteiger partial charge in [-0.25, -0.2) is 0 Å². The normalized spacial score (nSPS) is 10.7. The average molecular weight is 334 g/mol. The zero-order chi connectivity index (χ0) is 18.4. The molecule has 0 saturated heterocycles. The number of nitrogens with two attached hydrogens (primary N) is 1. The molecule has 0 spiro atoms. The van der Waals surface area contributed by atoms with Crippen molar-refractivity contribution >= 4 is 28.9 Å². The summed E-state index contributed by atoms with van der Waals surface area (Å²) in [7, 11) is 0. The minimum atomic E-state index is -0.585. The number of nitrogen functional groups attached to an aromatic ring is 1. The van der Waals surface area contributed by atoms with E-state index in [9.17, 15) is 14.9 Å². The lowest BCUT2D eigenvalue weighted by Gasteiger charge is -2.17. The molecule has 0 aliphatic carbocycles. The Labute approximate surface area is 146 Å². The van der Waals surface area contributed by atoms with E-state index < -0.39 is 5.91 Å². The molecule has 2 aromatic rings. The molecule has 0 bridgehead atoms. The third-order valence-corrected chi connectivity index (χ3v) is 3.53. The molecule has 0 heterocycles. The topological polar surface area (TPSA) is 99.2 Å². The highest BCUT2D eigenvalue weighted by Gasteiger charge is 2.16. The molecule has 6 heteroatoms. The van der Waals surface area contributed by atoms with Gasteiger partial charge < -0.3 is 11.1 Å². The third-order valence-electron chi connectivity index (χ3n) is 3.53. The Bertz CT molecular complexity index is 864. The summed E-state index contributed by atoms with van der Waals surface area (Å²) >= 11 is 0. The number of anilines is 3. The van der Waals surface area contributed by atoms with Crippen molar-refractivity contribution in [2.24, 2.45) is 0 Å². The maximum Gasteiger partial charge on any atom is 0.267 e. The van der Waals surface area contributed by atoms with E-state index in [1.54, 1.807) is 36.4 Å². The van der Waals surface area contributed by atoms with Crippen molar-refractivity contribution in [3.63, 3.8) is 0 Å². The first-order chi connectivity index (χ1) is 11.9. The van der Waals surface area contributed by atoms with Crippen LogP contribution in [-0.2, 0) is 9.59 Å². The molecule has 2 amide bonds. The fraction of sp³-hybridized carbons (Fsp3) is 0.105. The maximum atomic E-state index is 12.4. The van der Waals surface area contributed by atoms with Crippen molar-refractivity contribution in [1.82, 2.24) is 0 Å². The minimum Gasteiger partial charge on any atom is -0.399 e. The molecule has 25 heavy (non-hydrogen) atoms. The predicted molar refractivity (Wildman–Crippen MR) is 97.5 cm³/mol. The van der Waals surface area contributed by atoms with Crippen LogP contribution in [0.1, 0.15) is 12.5 Å². The van der Waals surface area contributed by atoms with Crippen LogP contribution in [0.5, 0.6) is 0 Å². The average Bonchev–Trinajstić information content (AvgIpc) is 2.58. The van der Waals surface area contributed by atoms with E-state index in [1.165, 1.54) is 18.0 Å². The lowest BCUT2D eigenvalue weighted by Crippen LogP contribution is -2.25. The van der Waals surface area contributed by atoms with Crippen LogP contribution >= 0.6 is 0 Å². The van der Waals surface area contributed by atoms with Crippen LogP contribution in [0.4, 0.5) is 17.1 Å². The van der Waals surface area contributed by atoms with Gasteiger partial charge in [-0.2, -0.15) is 5.26 Å². The van der Waals surface area contributed by atoms with Gasteiger partial charge in [0.05, 0.1) is 0 Å². The van der Waals surface area contributed by atoms with Gasteiger partial charge in [0.25, 0.3) is 5.91 Å². The van der Waals surface area contributed by atoms with Crippen molar-refractivity contribution in [2.75, 3.05) is 16.0 Å². The van der Waals surface area contributed by atoms with Crippen LogP contribution in [0.25, 0.3) is 0 Å². The van der Waals surface area contributed by atoms with Gasteiger partial charge in [0.15, 0.2) is 0 Å². The Kier molecular flexibility index (Phi) is 5.54. The fourth-order valence-corrected chi connectivity index (χ4v) is 2.15. The second kappa shape index (κ2) is 7.79. The highest BCUT2D eigenvalue weighted by molar-refractivity contribution is 6.08. The molecular formula is C19H18N4O2. The Hall–Kier alpha value is -3.59. The van der Waals surface area contributed by atoms with Crippen molar-refractivity contribution in [3.05, 3.63) is 65.9 Å². The molecule has 0 unspecified atom stereocenters. The van der Waals surface area contributed by atoms with Gasteiger partial charge in [-0.3, -0.25) is 14.5 Å². The zero-order valence-electron chi connectivity index (χ0n) is 14.0. The standard InChI is InChI=1S/C19H18N4O2/c1-13-5-3-4-6-18(13)22-19(25)15(11-20)12-23(14(2)24)17-9-7-16(21)8-10-17/h3-10,12H,21H2,1-2H3,(H,22,25)/b15-12-. The molecule has 0 fully saturated rings. The summed E-state index contributed by atoms with van der Waals surface area (Å²) in [5.41, 5.74) is 8.00. The second-order valence-corrected chi connectivity index (χ2v) is 5.40. The molecule has 0 atom stereocenters. The van der Waals surface area contributed by atoms with Crippen LogP contribution < -0.4 is 16.0 Å². The third kappa shape index (κ3) is 4.45. The number of carbonyl (C=O) groups excluding carboxylic acids is 2. The molecule has 0 aliphatic heterocycles. The summed E-state index contributed by atoms with van der Waals surface area (Å²) < 4.78 is 0. The van der Waals surface area contributed by atoms with E-state index >= 15 is 0 Å². The molecule has 6 nitrogen and oxygen atoms in total. The number of hydrogen-bond donors (Lipinski definition) is 2. The molecule has 0 aromatic heterocycles. The maximum absolute atomic E-state index is 12.4. The first-order valence-electron chi connectivity index (χ1n) is 7.56. The zero-order valence-corrected chi connectivity index (χ0v) is 14.0. The monoisotopic (exact) mass is 334 g/mol. The van der Waals surface area contributed by atoms with Crippen molar-refractivity contribution in [1.29, 1.82) is 5.26 Å². The van der Waals surface area contributed by atoms with Crippen LogP contribution in [0.2, 0.25) is 0 Å². The summed E-state index contributed by atoms with van der Waals surface area (Å²) in [5.74, 6) is -0.917. The van der Waals surface area contributed by atoms with E-state index in [0.29, 0.717) is 17.1 Å². The molecule has 3 N–H and O–H groups in total. The molecule has 2 rings (SSSR count). The Morgan fingerprint density at radius 2 is 1.80 bits per heavy atom. The molecule has 2 aromatic carbocycles. The number of carbonyl (C=O) groups is 2. The van der Waals surface area contributed by atoms with Crippen LogP contribution in [0, 0.1) is 18.3 Å². The summed E-state index contributed by atoms with van der Waals surface area (Å²) in [5, 5.41) is 12.0. The van der Waals surface area contributed by atoms with Crippen molar-refractivity contribution in [3.8, 4) is 6.07 Å². The summed E-state index contributed by atoms with van der Waals surface area (Å²) in [6.45, 7) is 3.20. The summed E-state index contributed by atoms with van der Waals surface area (Å²) in [4.78, 5) is 25.5. The van der Waals surface area contributed by atoms with Gasteiger partial charge >= 0.3 is 0 Å². The first kappa shape index (κ1) is 17.8. The van der Waals surface area contributed by atoms with Gasteiger partial charge in [-0.1, -0.05) is 18.2 Å².